The van der Waals surface area contributed by atoms with Crippen LogP contribution in [0.3, 0.4) is 0 Å². The molecule has 176 valence electrons. The van der Waals surface area contributed by atoms with Gasteiger partial charge in [-0.25, -0.2) is 0 Å². The molecule has 0 bridgehead atoms. The van der Waals surface area contributed by atoms with E-state index in [1.54, 1.807) is 30.5 Å². The fourth-order valence-electron chi connectivity index (χ4n) is 2.19. The Labute approximate surface area is 194 Å². The van der Waals surface area contributed by atoms with Crippen molar-refractivity contribution in [3.05, 3.63) is 53.4 Å². The second-order valence-corrected chi connectivity index (χ2v) is 7.84. The van der Waals surface area contributed by atoms with E-state index in [4.69, 9.17) is 27.2 Å². The second-order valence-electron chi connectivity index (χ2n) is 7.43. The summed E-state index contributed by atoms with van der Waals surface area (Å²) in [6.45, 7) is 7.24. The van der Waals surface area contributed by atoms with Crippen LogP contribution in [0.25, 0.3) is 0 Å². The third kappa shape index (κ3) is 11.0. The third-order valence-electron chi connectivity index (χ3n) is 4.27. The van der Waals surface area contributed by atoms with Gasteiger partial charge in [-0.05, 0) is 30.5 Å². The number of aliphatic hydroxyl groups is 1. The monoisotopic (exact) mass is 464 g/mol. The molecule has 1 aromatic rings. The summed E-state index contributed by atoms with van der Waals surface area (Å²) in [5.41, 5.74) is 5.64. The Morgan fingerprint density at radius 3 is 2.72 bits per heavy atom. The van der Waals surface area contributed by atoms with Gasteiger partial charge in [0.2, 0.25) is 0 Å². The highest BCUT2D eigenvalue weighted by atomic mass is 35.5. The van der Waals surface area contributed by atoms with Crippen LogP contribution in [0, 0.1) is 5.92 Å². The van der Waals surface area contributed by atoms with Gasteiger partial charge in [-0.2, -0.15) is 4.99 Å². The van der Waals surface area contributed by atoms with Crippen molar-refractivity contribution in [1.82, 2.24) is 10.2 Å². The average Bonchev–Trinajstić information content (AvgIpc) is 3.08. The molecular formula is C23H33ClN4O4. The molecule has 0 aromatic heterocycles. The van der Waals surface area contributed by atoms with E-state index in [-0.39, 0.29) is 31.4 Å². The van der Waals surface area contributed by atoms with Crippen molar-refractivity contribution in [2.24, 2.45) is 16.6 Å². The number of nitrogens with one attached hydrogen (secondary N) is 1. The van der Waals surface area contributed by atoms with Crippen LogP contribution in [0.1, 0.15) is 33.6 Å². The molecule has 0 spiro atoms. The number of carbonyl (C=O) groups excluding carboxylic acids is 2. The molecule has 4 N–H and O–H groups in total. The first-order valence-electron chi connectivity index (χ1n) is 10.6. The standard InChI is InChI=1S/C18H21ClN4O4.C5H12/c19-14-4-1-2-5-15(14)27-13-10-18(26)23(11-13)12-17(25)22-16(20)6-8-21-7-3-9-24;1-4-5(2)3/h1-2,4-6,8,10,21,24H,3,7,9,11-12H2,(H2,20,22,25);5H,4H2,1-3H3/b8-6-;. The molecule has 0 radical (unpaired) electrons. The van der Waals surface area contributed by atoms with Crippen LogP contribution >= 0.6 is 11.6 Å². The minimum absolute atomic E-state index is 0.0173. The first-order chi connectivity index (χ1) is 15.3. The molecule has 2 rings (SSSR count). The number of nitrogens with zero attached hydrogens (tertiary/aromatic N) is 2. The predicted molar refractivity (Wildman–Crippen MR) is 127 cm³/mol. The first-order valence-corrected chi connectivity index (χ1v) is 10.9. The number of aliphatic imine (C=N–C) groups is 1. The largest absolute Gasteiger partial charge is 0.458 e. The molecule has 0 aliphatic carbocycles. The fourth-order valence-corrected chi connectivity index (χ4v) is 2.37. The number of ether oxygens (including phenoxy) is 1. The van der Waals surface area contributed by atoms with Crippen LogP contribution in [0.2, 0.25) is 5.02 Å². The van der Waals surface area contributed by atoms with Crippen molar-refractivity contribution in [2.75, 3.05) is 26.2 Å². The zero-order valence-electron chi connectivity index (χ0n) is 18.9. The molecule has 0 atom stereocenters. The van der Waals surface area contributed by atoms with Crippen LogP contribution in [-0.2, 0) is 9.59 Å². The van der Waals surface area contributed by atoms with Gasteiger partial charge in [-0.15, -0.1) is 0 Å². The maximum Gasteiger partial charge on any atom is 0.267 e. The van der Waals surface area contributed by atoms with E-state index in [9.17, 15) is 9.59 Å². The minimum Gasteiger partial charge on any atom is -0.458 e. The quantitative estimate of drug-likeness (QED) is 0.278. The van der Waals surface area contributed by atoms with E-state index in [1.165, 1.54) is 23.5 Å². The number of carbonyl (C=O) groups is 2. The van der Waals surface area contributed by atoms with Gasteiger partial charge in [0.15, 0.2) is 0 Å². The van der Waals surface area contributed by atoms with Crippen molar-refractivity contribution >= 4 is 29.3 Å². The number of para-hydroxylation sites is 1. The van der Waals surface area contributed by atoms with Crippen molar-refractivity contribution < 1.29 is 19.4 Å². The summed E-state index contributed by atoms with van der Waals surface area (Å²) in [5.74, 6) is 0.839. The SMILES string of the molecule is CCC(C)C.NC(/C=C\NCCCO)=NC(=O)CN1CC(Oc2ccccc2Cl)=CC1=O. The smallest absolute Gasteiger partial charge is 0.267 e. The highest BCUT2D eigenvalue weighted by molar-refractivity contribution is 6.32. The first kappa shape index (κ1) is 27.2. The molecule has 1 aliphatic rings. The molecule has 1 aromatic carbocycles. The fraction of sp³-hybridized carbons (Fsp3) is 0.435. The molecule has 0 unspecified atom stereocenters. The van der Waals surface area contributed by atoms with Crippen molar-refractivity contribution in [3.8, 4) is 5.75 Å². The third-order valence-corrected chi connectivity index (χ3v) is 4.58. The van der Waals surface area contributed by atoms with E-state index >= 15 is 0 Å². The van der Waals surface area contributed by atoms with Gasteiger partial charge in [0, 0.05) is 25.4 Å². The van der Waals surface area contributed by atoms with Crippen molar-refractivity contribution in [1.29, 1.82) is 0 Å². The molecule has 0 fully saturated rings. The summed E-state index contributed by atoms with van der Waals surface area (Å²) in [4.78, 5) is 29.0. The lowest BCUT2D eigenvalue weighted by atomic mass is 10.2. The summed E-state index contributed by atoms with van der Waals surface area (Å²) in [6.07, 6.45) is 6.20. The second kappa shape index (κ2) is 15.0. The Morgan fingerprint density at radius 1 is 1.41 bits per heavy atom. The summed E-state index contributed by atoms with van der Waals surface area (Å²) in [6, 6.07) is 6.91. The molecule has 1 heterocycles. The Hall–Kier alpha value is -2.84. The Kier molecular flexibility index (Phi) is 12.8. The lowest BCUT2D eigenvalue weighted by Gasteiger charge is -2.14. The van der Waals surface area contributed by atoms with Gasteiger partial charge >= 0.3 is 0 Å². The van der Waals surface area contributed by atoms with E-state index in [1.807, 2.05) is 0 Å². The zero-order chi connectivity index (χ0) is 23.9. The molecule has 2 amide bonds. The number of hydrogen-bond donors (Lipinski definition) is 3. The van der Waals surface area contributed by atoms with Crippen LogP contribution in [0.5, 0.6) is 5.75 Å². The van der Waals surface area contributed by atoms with Crippen LogP contribution in [-0.4, -0.2) is 53.9 Å². The summed E-state index contributed by atoms with van der Waals surface area (Å²) in [5, 5.41) is 12.0. The van der Waals surface area contributed by atoms with Gasteiger partial charge in [-0.1, -0.05) is 50.9 Å². The Balaban J connectivity index is 0.000000920. The number of aliphatic hydroxyl groups excluding tert-OH is 1. The Bertz CT molecular complexity index is 837. The van der Waals surface area contributed by atoms with Gasteiger partial charge in [0.25, 0.3) is 11.8 Å². The number of amidine groups is 1. The summed E-state index contributed by atoms with van der Waals surface area (Å²) in [7, 11) is 0. The number of amides is 2. The van der Waals surface area contributed by atoms with E-state index in [2.05, 4.69) is 31.1 Å². The van der Waals surface area contributed by atoms with Gasteiger partial charge in [0.1, 0.15) is 23.9 Å². The maximum atomic E-state index is 12.0. The normalized spacial score (nSPS) is 13.8. The molecule has 0 saturated heterocycles. The number of hydrogen-bond acceptors (Lipinski definition) is 5. The average molecular weight is 465 g/mol. The van der Waals surface area contributed by atoms with Crippen LogP contribution in [0.4, 0.5) is 0 Å². The summed E-state index contributed by atoms with van der Waals surface area (Å²) >= 11 is 6.03. The highest BCUT2D eigenvalue weighted by Gasteiger charge is 2.25. The lowest BCUT2D eigenvalue weighted by molar-refractivity contribution is -0.129. The molecule has 1 aliphatic heterocycles. The van der Waals surface area contributed by atoms with Crippen molar-refractivity contribution in [3.63, 3.8) is 0 Å². The molecule has 9 heteroatoms. The number of halogens is 1. The predicted octanol–water partition coefficient (Wildman–Crippen LogP) is 2.87. The van der Waals surface area contributed by atoms with Crippen LogP contribution in [0.15, 0.2) is 53.4 Å². The zero-order valence-corrected chi connectivity index (χ0v) is 19.6. The van der Waals surface area contributed by atoms with Gasteiger partial charge in [-0.3, -0.25) is 9.59 Å². The Morgan fingerprint density at radius 2 is 2.09 bits per heavy atom. The number of rotatable bonds is 10. The number of nitrogens with two attached hydrogens (primary N) is 1. The van der Waals surface area contributed by atoms with Gasteiger partial charge < -0.3 is 25.8 Å². The minimum atomic E-state index is -0.548. The topological polar surface area (TPSA) is 117 Å². The lowest BCUT2D eigenvalue weighted by Crippen LogP contribution is -2.32. The highest BCUT2D eigenvalue weighted by Crippen LogP contribution is 2.26. The molecular weight excluding hydrogens is 432 g/mol. The van der Waals surface area contributed by atoms with Crippen LogP contribution < -0.4 is 15.8 Å². The van der Waals surface area contributed by atoms with E-state index in [0.717, 1.165) is 5.92 Å². The summed E-state index contributed by atoms with van der Waals surface area (Å²) < 4.78 is 5.61. The van der Waals surface area contributed by atoms with E-state index < -0.39 is 5.91 Å². The van der Waals surface area contributed by atoms with Gasteiger partial charge in [0.05, 0.1) is 11.6 Å². The molecule has 8 nitrogen and oxygen atoms in total. The molecule has 0 saturated carbocycles. The van der Waals surface area contributed by atoms with Crippen molar-refractivity contribution in [2.45, 2.75) is 33.6 Å². The maximum absolute atomic E-state index is 12.0. The van der Waals surface area contributed by atoms with E-state index in [0.29, 0.717) is 29.5 Å². The number of benzene rings is 1. The molecule has 32 heavy (non-hydrogen) atoms.